The van der Waals surface area contributed by atoms with Gasteiger partial charge in [-0.05, 0) is 36.2 Å². The van der Waals surface area contributed by atoms with Crippen molar-refractivity contribution in [3.05, 3.63) is 63.9 Å². The van der Waals surface area contributed by atoms with Crippen molar-refractivity contribution in [1.29, 1.82) is 0 Å². The van der Waals surface area contributed by atoms with Gasteiger partial charge in [-0.1, -0.05) is 42.3 Å². The maximum Gasteiger partial charge on any atom is 0.0468 e. The molecule has 0 spiro atoms. The Morgan fingerprint density at radius 3 is 2.70 bits per heavy atom. The molecule has 0 saturated heterocycles. The number of halogens is 2. The summed E-state index contributed by atoms with van der Waals surface area (Å²) in [5.74, 6) is 0. The van der Waals surface area contributed by atoms with Gasteiger partial charge in [0.25, 0.3) is 0 Å². The van der Waals surface area contributed by atoms with Crippen molar-refractivity contribution >= 4 is 23.2 Å². The number of benzene rings is 1. The third kappa shape index (κ3) is 4.20. The molecule has 1 aromatic heterocycles. The van der Waals surface area contributed by atoms with Crippen LogP contribution in [0.2, 0.25) is 10.0 Å². The van der Waals surface area contributed by atoms with E-state index in [9.17, 15) is 0 Å². The molecule has 106 valence electrons. The summed E-state index contributed by atoms with van der Waals surface area (Å²) in [4.78, 5) is 4.32. The predicted molar refractivity (Wildman–Crippen MR) is 85.4 cm³/mol. The Hall–Kier alpha value is -1.09. The molecular weight excluding hydrogens is 291 g/mol. The maximum atomic E-state index is 6.26. The topological polar surface area (TPSA) is 24.9 Å². The molecule has 4 heteroatoms. The number of pyridine rings is 1. The lowest BCUT2D eigenvalue weighted by Gasteiger charge is -2.18. The van der Waals surface area contributed by atoms with E-state index in [1.807, 2.05) is 36.5 Å². The molecule has 1 unspecified atom stereocenters. The van der Waals surface area contributed by atoms with Crippen molar-refractivity contribution in [2.24, 2.45) is 0 Å². The van der Waals surface area contributed by atoms with Crippen LogP contribution in [-0.2, 0) is 6.42 Å². The fourth-order valence-corrected chi connectivity index (χ4v) is 2.72. The van der Waals surface area contributed by atoms with E-state index in [-0.39, 0.29) is 6.04 Å². The SMILES string of the molecule is CCC(NCCc1ccccn1)c1ccc(Cl)cc1Cl. The van der Waals surface area contributed by atoms with Gasteiger partial charge < -0.3 is 5.32 Å². The summed E-state index contributed by atoms with van der Waals surface area (Å²) in [5, 5.41) is 4.91. The molecule has 1 atom stereocenters. The third-order valence-electron chi connectivity index (χ3n) is 3.24. The molecule has 0 aliphatic heterocycles. The minimum absolute atomic E-state index is 0.239. The van der Waals surface area contributed by atoms with Crippen LogP contribution in [0.25, 0.3) is 0 Å². The number of hydrogen-bond donors (Lipinski definition) is 1. The molecule has 2 rings (SSSR count). The number of hydrogen-bond acceptors (Lipinski definition) is 2. The summed E-state index contributed by atoms with van der Waals surface area (Å²) < 4.78 is 0. The molecular formula is C16H18Cl2N2. The summed E-state index contributed by atoms with van der Waals surface area (Å²) in [6.07, 6.45) is 3.70. The molecule has 20 heavy (non-hydrogen) atoms. The third-order valence-corrected chi connectivity index (χ3v) is 3.81. The fourth-order valence-electron chi connectivity index (χ4n) is 2.18. The summed E-state index contributed by atoms with van der Waals surface area (Å²) in [6.45, 7) is 3.01. The van der Waals surface area contributed by atoms with E-state index in [0.29, 0.717) is 5.02 Å². The van der Waals surface area contributed by atoms with E-state index in [4.69, 9.17) is 23.2 Å². The molecule has 0 aliphatic carbocycles. The molecule has 1 heterocycles. The van der Waals surface area contributed by atoms with E-state index >= 15 is 0 Å². The van der Waals surface area contributed by atoms with Gasteiger partial charge in [0.15, 0.2) is 0 Å². The van der Waals surface area contributed by atoms with E-state index < -0.39 is 0 Å². The standard InChI is InChI=1S/C16H18Cl2N2/c1-2-16(14-7-6-12(17)11-15(14)18)20-10-8-13-5-3-4-9-19-13/h3-7,9,11,16,20H,2,8,10H2,1H3. The number of nitrogens with zero attached hydrogens (tertiary/aromatic N) is 1. The van der Waals surface area contributed by atoms with Gasteiger partial charge in [-0.2, -0.15) is 0 Å². The van der Waals surface area contributed by atoms with E-state index in [1.165, 1.54) is 0 Å². The molecule has 0 saturated carbocycles. The Bertz CT molecular complexity index is 543. The minimum Gasteiger partial charge on any atom is -0.310 e. The zero-order valence-electron chi connectivity index (χ0n) is 11.4. The summed E-state index contributed by atoms with van der Waals surface area (Å²) >= 11 is 12.2. The second-order valence-electron chi connectivity index (χ2n) is 4.65. The van der Waals surface area contributed by atoms with Crippen LogP contribution < -0.4 is 5.32 Å². The predicted octanol–water partition coefficient (Wildman–Crippen LogP) is 4.67. The van der Waals surface area contributed by atoms with Gasteiger partial charge in [-0.3, -0.25) is 4.98 Å². The molecule has 1 aromatic carbocycles. The lowest BCUT2D eigenvalue weighted by atomic mass is 10.0. The number of nitrogens with one attached hydrogen (secondary N) is 1. The molecule has 0 aliphatic rings. The lowest BCUT2D eigenvalue weighted by Crippen LogP contribution is -2.23. The Kier molecular flexibility index (Phi) is 5.84. The van der Waals surface area contributed by atoms with Crippen LogP contribution in [0.5, 0.6) is 0 Å². The Labute approximate surface area is 130 Å². The van der Waals surface area contributed by atoms with Gasteiger partial charge in [0.05, 0.1) is 0 Å². The Balaban J connectivity index is 1.95. The van der Waals surface area contributed by atoms with E-state index in [2.05, 4.69) is 17.2 Å². The zero-order chi connectivity index (χ0) is 14.4. The smallest absolute Gasteiger partial charge is 0.0468 e. The van der Waals surface area contributed by atoms with Crippen molar-refractivity contribution in [2.45, 2.75) is 25.8 Å². The van der Waals surface area contributed by atoms with Crippen LogP contribution in [0.15, 0.2) is 42.6 Å². The second kappa shape index (κ2) is 7.63. The highest BCUT2D eigenvalue weighted by molar-refractivity contribution is 6.35. The largest absolute Gasteiger partial charge is 0.310 e. The maximum absolute atomic E-state index is 6.26. The molecule has 0 fully saturated rings. The van der Waals surface area contributed by atoms with Crippen LogP contribution in [0.1, 0.15) is 30.6 Å². The van der Waals surface area contributed by atoms with E-state index in [1.54, 1.807) is 6.07 Å². The quantitative estimate of drug-likeness (QED) is 0.838. The van der Waals surface area contributed by atoms with Gasteiger partial charge in [0.1, 0.15) is 0 Å². The first-order chi connectivity index (χ1) is 9.70. The monoisotopic (exact) mass is 308 g/mol. The van der Waals surface area contributed by atoms with Crippen LogP contribution in [0.3, 0.4) is 0 Å². The summed E-state index contributed by atoms with van der Waals surface area (Å²) in [5.41, 5.74) is 2.19. The minimum atomic E-state index is 0.239. The van der Waals surface area contributed by atoms with Gasteiger partial charge in [0, 0.05) is 40.9 Å². The average Bonchev–Trinajstić information content (AvgIpc) is 2.46. The first-order valence-electron chi connectivity index (χ1n) is 6.79. The Morgan fingerprint density at radius 2 is 2.05 bits per heavy atom. The average molecular weight is 309 g/mol. The van der Waals surface area contributed by atoms with Crippen LogP contribution >= 0.6 is 23.2 Å². The van der Waals surface area contributed by atoms with Crippen molar-refractivity contribution < 1.29 is 0 Å². The summed E-state index contributed by atoms with van der Waals surface area (Å²) in [7, 11) is 0. The van der Waals surface area contributed by atoms with Gasteiger partial charge in [-0.25, -0.2) is 0 Å². The highest BCUT2D eigenvalue weighted by Crippen LogP contribution is 2.27. The first kappa shape index (κ1) is 15.3. The van der Waals surface area contributed by atoms with Gasteiger partial charge >= 0.3 is 0 Å². The highest BCUT2D eigenvalue weighted by Gasteiger charge is 2.12. The molecule has 0 radical (unpaired) electrons. The number of rotatable bonds is 6. The molecule has 2 aromatic rings. The molecule has 1 N–H and O–H groups in total. The van der Waals surface area contributed by atoms with Crippen LogP contribution in [-0.4, -0.2) is 11.5 Å². The molecule has 0 amide bonds. The van der Waals surface area contributed by atoms with Gasteiger partial charge in [0.2, 0.25) is 0 Å². The van der Waals surface area contributed by atoms with Crippen molar-refractivity contribution in [3.8, 4) is 0 Å². The number of aromatic nitrogens is 1. The first-order valence-corrected chi connectivity index (χ1v) is 7.54. The van der Waals surface area contributed by atoms with Crippen LogP contribution in [0.4, 0.5) is 0 Å². The van der Waals surface area contributed by atoms with Crippen molar-refractivity contribution in [2.75, 3.05) is 6.54 Å². The van der Waals surface area contributed by atoms with Crippen molar-refractivity contribution in [3.63, 3.8) is 0 Å². The van der Waals surface area contributed by atoms with Crippen LogP contribution in [0, 0.1) is 0 Å². The summed E-state index contributed by atoms with van der Waals surface area (Å²) in [6, 6.07) is 11.9. The highest BCUT2D eigenvalue weighted by atomic mass is 35.5. The zero-order valence-corrected chi connectivity index (χ0v) is 13.0. The molecule has 2 nitrogen and oxygen atoms in total. The van der Waals surface area contributed by atoms with E-state index in [0.717, 1.165) is 35.7 Å². The molecule has 0 bridgehead atoms. The second-order valence-corrected chi connectivity index (χ2v) is 5.50. The van der Waals surface area contributed by atoms with Gasteiger partial charge in [-0.15, -0.1) is 0 Å². The normalized spacial score (nSPS) is 12.3. The lowest BCUT2D eigenvalue weighted by molar-refractivity contribution is 0.521. The van der Waals surface area contributed by atoms with Crippen molar-refractivity contribution in [1.82, 2.24) is 10.3 Å². The Morgan fingerprint density at radius 1 is 1.20 bits per heavy atom. The fraction of sp³-hybridized carbons (Fsp3) is 0.312.